The first-order chi connectivity index (χ1) is 10.5. The summed E-state index contributed by atoms with van der Waals surface area (Å²) in [4.78, 5) is 13.9. The molecule has 0 spiro atoms. The average molecular weight is 317 g/mol. The number of nitrogens with zero attached hydrogens (tertiary/aromatic N) is 1. The molecule has 0 aliphatic heterocycles. The van der Waals surface area contributed by atoms with E-state index in [9.17, 15) is 13.2 Å². The summed E-state index contributed by atoms with van der Waals surface area (Å²) in [5.41, 5.74) is 1.02. The van der Waals surface area contributed by atoms with Gasteiger partial charge in [0, 0.05) is 20.0 Å². The standard InChI is InChI=1S/C17H19NO3S/c1-18(14-15-8-4-2-5-9-15)17(19)12-13-22(20,21)16-10-6-3-7-11-16/h2-11H,12-14H2,1H3. The van der Waals surface area contributed by atoms with Gasteiger partial charge in [0.15, 0.2) is 9.84 Å². The minimum absolute atomic E-state index is 0.0133. The van der Waals surface area contributed by atoms with Crippen LogP contribution in [-0.2, 0) is 21.2 Å². The van der Waals surface area contributed by atoms with Gasteiger partial charge in [0.05, 0.1) is 10.6 Å². The number of sulfone groups is 1. The van der Waals surface area contributed by atoms with Crippen LogP contribution in [0.25, 0.3) is 0 Å². The maximum atomic E-state index is 12.1. The summed E-state index contributed by atoms with van der Waals surface area (Å²) in [5.74, 6) is -0.349. The van der Waals surface area contributed by atoms with Crippen molar-refractivity contribution in [1.82, 2.24) is 4.90 Å². The zero-order valence-electron chi connectivity index (χ0n) is 12.5. The molecule has 0 bridgehead atoms. The molecule has 0 saturated heterocycles. The van der Waals surface area contributed by atoms with Crippen LogP contribution in [-0.4, -0.2) is 32.0 Å². The van der Waals surface area contributed by atoms with Crippen LogP contribution in [0.15, 0.2) is 65.6 Å². The molecular weight excluding hydrogens is 298 g/mol. The van der Waals surface area contributed by atoms with E-state index in [0.717, 1.165) is 5.56 Å². The van der Waals surface area contributed by atoms with E-state index >= 15 is 0 Å². The molecule has 0 radical (unpaired) electrons. The summed E-state index contributed by atoms with van der Waals surface area (Å²) in [6.45, 7) is 0.477. The smallest absolute Gasteiger partial charge is 0.223 e. The number of carbonyl (C=O) groups is 1. The molecule has 0 fully saturated rings. The van der Waals surface area contributed by atoms with Crippen molar-refractivity contribution in [2.45, 2.75) is 17.9 Å². The molecule has 5 heteroatoms. The quantitative estimate of drug-likeness (QED) is 0.822. The molecule has 0 heterocycles. The van der Waals surface area contributed by atoms with E-state index in [0.29, 0.717) is 6.54 Å². The number of amides is 1. The zero-order valence-corrected chi connectivity index (χ0v) is 13.3. The number of carbonyl (C=O) groups excluding carboxylic acids is 1. The zero-order chi connectivity index (χ0) is 16.0. The summed E-state index contributed by atoms with van der Waals surface area (Å²) in [7, 11) is -1.72. The number of benzene rings is 2. The third-order valence-electron chi connectivity index (χ3n) is 3.38. The molecule has 2 aromatic rings. The van der Waals surface area contributed by atoms with E-state index < -0.39 is 9.84 Å². The Morgan fingerprint density at radius 2 is 1.50 bits per heavy atom. The van der Waals surface area contributed by atoms with Crippen molar-refractivity contribution in [3.05, 3.63) is 66.2 Å². The van der Waals surface area contributed by atoms with Crippen molar-refractivity contribution >= 4 is 15.7 Å². The molecule has 0 aliphatic rings. The predicted octanol–water partition coefficient (Wildman–Crippen LogP) is 2.51. The van der Waals surface area contributed by atoms with Gasteiger partial charge in [0.2, 0.25) is 5.91 Å². The van der Waals surface area contributed by atoms with Crippen LogP contribution in [0.4, 0.5) is 0 Å². The van der Waals surface area contributed by atoms with E-state index in [1.165, 1.54) is 0 Å². The van der Waals surface area contributed by atoms with Crippen molar-refractivity contribution in [2.75, 3.05) is 12.8 Å². The molecule has 2 aromatic carbocycles. The van der Waals surface area contributed by atoms with E-state index in [1.807, 2.05) is 30.3 Å². The molecule has 4 nitrogen and oxygen atoms in total. The summed E-state index contributed by atoms with van der Waals surface area (Å²) in [6, 6.07) is 17.8. The van der Waals surface area contributed by atoms with Gasteiger partial charge < -0.3 is 4.90 Å². The molecular formula is C17H19NO3S. The number of rotatable bonds is 6. The van der Waals surface area contributed by atoms with Gasteiger partial charge in [0.25, 0.3) is 0 Å². The lowest BCUT2D eigenvalue weighted by Crippen LogP contribution is -2.28. The Kier molecular flexibility index (Phi) is 5.33. The van der Waals surface area contributed by atoms with Crippen LogP contribution in [0, 0.1) is 0 Å². The molecule has 0 N–H and O–H groups in total. The van der Waals surface area contributed by atoms with Crippen LogP contribution < -0.4 is 0 Å². The molecule has 1 amide bonds. The Balaban J connectivity index is 1.92. The Labute approximate surface area is 131 Å². The van der Waals surface area contributed by atoms with Gasteiger partial charge in [-0.15, -0.1) is 0 Å². The van der Waals surface area contributed by atoms with Gasteiger partial charge >= 0.3 is 0 Å². The Morgan fingerprint density at radius 1 is 0.955 bits per heavy atom. The molecule has 116 valence electrons. The second-order valence-corrected chi connectivity index (χ2v) is 7.23. The van der Waals surface area contributed by atoms with Gasteiger partial charge in [-0.25, -0.2) is 8.42 Å². The fourth-order valence-electron chi connectivity index (χ4n) is 2.10. The van der Waals surface area contributed by atoms with Gasteiger partial charge in [-0.1, -0.05) is 48.5 Å². The van der Waals surface area contributed by atoms with E-state index in [2.05, 4.69) is 0 Å². The first kappa shape index (κ1) is 16.2. The van der Waals surface area contributed by atoms with Crippen LogP contribution in [0.1, 0.15) is 12.0 Å². The average Bonchev–Trinajstić information content (AvgIpc) is 2.54. The van der Waals surface area contributed by atoms with Crippen molar-refractivity contribution < 1.29 is 13.2 Å². The molecule has 0 saturated carbocycles. The maximum Gasteiger partial charge on any atom is 0.223 e. The highest BCUT2D eigenvalue weighted by atomic mass is 32.2. The van der Waals surface area contributed by atoms with Gasteiger partial charge in [-0.05, 0) is 17.7 Å². The highest BCUT2D eigenvalue weighted by Gasteiger charge is 2.18. The first-order valence-corrected chi connectivity index (χ1v) is 8.70. The lowest BCUT2D eigenvalue weighted by molar-refractivity contribution is -0.130. The van der Waals surface area contributed by atoms with Crippen LogP contribution >= 0.6 is 0 Å². The van der Waals surface area contributed by atoms with Crippen LogP contribution in [0.3, 0.4) is 0 Å². The summed E-state index contributed by atoms with van der Waals surface area (Å²) in [6.07, 6.45) is -0.0133. The van der Waals surface area contributed by atoms with E-state index in [-0.39, 0.29) is 23.0 Å². The Hall–Kier alpha value is -2.14. The number of hydrogen-bond acceptors (Lipinski definition) is 3. The molecule has 0 atom stereocenters. The molecule has 0 aliphatic carbocycles. The van der Waals surface area contributed by atoms with Gasteiger partial charge in [-0.2, -0.15) is 0 Å². The third-order valence-corrected chi connectivity index (χ3v) is 5.11. The molecule has 0 unspecified atom stereocenters. The lowest BCUT2D eigenvalue weighted by atomic mass is 10.2. The molecule has 0 aromatic heterocycles. The maximum absolute atomic E-state index is 12.1. The fourth-order valence-corrected chi connectivity index (χ4v) is 3.35. The fraction of sp³-hybridized carbons (Fsp3) is 0.235. The lowest BCUT2D eigenvalue weighted by Gasteiger charge is -2.17. The highest BCUT2D eigenvalue weighted by Crippen LogP contribution is 2.12. The second-order valence-electron chi connectivity index (χ2n) is 5.12. The molecule has 2 rings (SSSR count). The van der Waals surface area contributed by atoms with Crippen molar-refractivity contribution in [2.24, 2.45) is 0 Å². The monoisotopic (exact) mass is 317 g/mol. The molecule has 22 heavy (non-hydrogen) atoms. The highest BCUT2D eigenvalue weighted by molar-refractivity contribution is 7.91. The summed E-state index contributed by atoms with van der Waals surface area (Å²) < 4.78 is 24.3. The third kappa shape index (κ3) is 4.43. The minimum Gasteiger partial charge on any atom is -0.341 e. The van der Waals surface area contributed by atoms with Gasteiger partial charge in [-0.3, -0.25) is 4.79 Å². The van der Waals surface area contributed by atoms with E-state index in [1.54, 1.807) is 42.3 Å². The summed E-state index contributed by atoms with van der Waals surface area (Å²) >= 11 is 0. The largest absolute Gasteiger partial charge is 0.341 e. The van der Waals surface area contributed by atoms with Crippen LogP contribution in [0.2, 0.25) is 0 Å². The van der Waals surface area contributed by atoms with Crippen molar-refractivity contribution in [3.63, 3.8) is 0 Å². The second kappa shape index (κ2) is 7.22. The topological polar surface area (TPSA) is 54.5 Å². The van der Waals surface area contributed by atoms with E-state index in [4.69, 9.17) is 0 Å². The SMILES string of the molecule is CN(Cc1ccccc1)C(=O)CCS(=O)(=O)c1ccccc1. The Morgan fingerprint density at radius 3 is 2.09 bits per heavy atom. The van der Waals surface area contributed by atoms with Crippen molar-refractivity contribution in [3.8, 4) is 0 Å². The summed E-state index contributed by atoms with van der Waals surface area (Å²) in [5, 5.41) is 0. The predicted molar refractivity (Wildman–Crippen MR) is 86.0 cm³/mol. The van der Waals surface area contributed by atoms with Crippen molar-refractivity contribution in [1.29, 1.82) is 0 Å². The number of hydrogen-bond donors (Lipinski definition) is 0. The minimum atomic E-state index is -3.41. The first-order valence-electron chi connectivity index (χ1n) is 7.05. The van der Waals surface area contributed by atoms with Gasteiger partial charge in [0.1, 0.15) is 0 Å². The van der Waals surface area contributed by atoms with Crippen LogP contribution in [0.5, 0.6) is 0 Å². The Bertz CT molecular complexity index is 712. The normalized spacial score (nSPS) is 11.1.